The minimum Gasteiger partial charge on any atom is -0.464 e. The van der Waals surface area contributed by atoms with E-state index in [1.807, 2.05) is 6.08 Å². The van der Waals surface area contributed by atoms with Crippen molar-refractivity contribution in [3.63, 3.8) is 0 Å². The van der Waals surface area contributed by atoms with Crippen molar-refractivity contribution in [2.75, 3.05) is 13.2 Å². The highest BCUT2D eigenvalue weighted by molar-refractivity contribution is 5.63. The molecule has 2 unspecified atom stereocenters. The van der Waals surface area contributed by atoms with Crippen LogP contribution in [0.4, 0.5) is 0 Å². The molecule has 78 valence electrons. The number of hydrogen-bond donors (Lipinski definition) is 0. The molecule has 0 amide bonds. The van der Waals surface area contributed by atoms with Gasteiger partial charge < -0.3 is 13.9 Å². The van der Waals surface area contributed by atoms with Crippen molar-refractivity contribution in [3.05, 3.63) is 40.5 Å². The van der Waals surface area contributed by atoms with Crippen LogP contribution >= 0.6 is 0 Å². The fourth-order valence-electron chi connectivity index (χ4n) is 1.68. The summed E-state index contributed by atoms with van der Waals surface area (Å²) in [6.07, 6.45) is 3.69. The van der Waals surface area contributed by atoms with E-state index in [1.165, 1.54) is 18.4 Å². The summed E-state index contributed by atoms with van der Waals surface area (Å²) in [6.45, 7) is 1.09. The Morgan fingerprint density at radius 1 is 1.40 bits per heavy atom. The molecule has 0 N–H and O–H groups in total. The molecule has 2 aliphatic heterocycles. The predicted molar refractivity (Wildman–Crippen MR) is 52.4 cm³/mol. The van der Waals surface area contributed by atoms with Crippen LogP contribution in [-0.4, -0.2) is 25.4 Å². The molecule has 1 fully saturated rings. The molecule has 0 aliphatic carbocycles. The summed E-state index contributed by atoms with van der Waals surface area (Å²) in [5, 5.41) is 0. The fraction of sp³-hybridized carbons (Fsp3) is 0.364. The van der Waals surface area contributed by atoms with Crippen LogP contribution in [0.5, 0.6) is 0 Å². The molecular weight excluding hydrogens is 196 g/mol. The lowest BCUT2D eigenvalue weighted by Crippen LogP contribution is -2.03. The third kappa shape index (κ3) is 1.73. The summed E-state index contributed by atoms with van der Waals surface area (Å²) in [7, 11) is 0. The number of rotatable bonds is 1. The van der Waals surface area contributed by atoms with E-state index in [0.29, 0.717) is 19.0 Å². The first kappa shape index (κ1) is 8.88. The first-order chi connectivity index (χ1) is 7.33. The summed E-state index contributed by atoms with van der Waals surface area (Å²) >= 11 is 0. The lowest BCUT2D eigenvalue weighted by molar-refractivity contribution is 0.143. The average Bonchev–Trinajstić information content (AvgIpc) is 2.93. The number of hydrogen-bond acceptors (Lipinski definition) is 4. The van der Waals surface area contributed by atoms with E-state index >= 15 is 0 Å². The lowest BCUT2D eigenvalue weighted by Gasteiger charge is -2.04. The Morgan fingerprint density at radius 2 is 2.33 bits per heavy atom. The molecule has 1 saturated heterocycles. The van der Waals surface area contributed by atoms with Crippen LogP contribution in [0.1, 0.15) is 5.76 Å². The molecule has 0 spiro atoms. The van der Waals surface area contributed by atoms with Gasteiger partial charge in [0.15, 0.2) is 5.43 Å². The van der Waals surface area contributed by atoms with Crippen molar-refractivity contribution in [3.8, 4) is 0 Å². The summed E-state index contributed by atoms with van der Waals surface area (Å²) in [6, 6.07) is 2.86. The van der Waals surface area contributed by atoms with Crippen molar-refractivity contribution in [2.45, 2.75) is 12.2 Å². The molecule has 4 nitrogen and oxygen atoms in total. The van der Waals surface area contributed by atoms with Crippen LogP contribution in [0, 0.1) is 0 Å². The van der Waals surface area contributed by atoms with Gasteiger partial charge in [0.05, 0.1) is 19.5 Å². The zero-order valence-corrected chi connectivity index (χ0v) is 8.01. The van der Waals surface area contributed by atoms with Gasteiger partial charge in [-0.3, -0.25) is 4.79 Å². The first-order valence-electron chi connectivity index (χ1n) is 4.86. The van der Waals surface area contributed by atoms with E-state index < -0.39 is 0 Å². The molecule has 15 heavy (non-hydrogen) atoms. The SMILES string of the molecule is O=c1ccoc(C2=CC3OC3COC2)c1. The van der Waals surface area contributed by atoms with Gasteiger partial charge in [0.1, 0.15) is 18.0 Å². The second kappa shape index (κ2) is 3.32. The average molecular weight is 206 g/mol. The molecule has 3 rings (SSSR count). The molecule has 0 radical (unpaired) electrons. The smallest absolute Gasteiger partial charge is 0.185 e. The lowest BCUT2D eigenvalue weighted by atomic mass is 10.1. The van der Waals surface area contributed by atoms with Gasteiger partial charge in [0.2, 0.25) is 0 Å². The minimum absolute atomic E-state index is 0.0605. The Hall–Kier alpha value is -1.39. The van der Waals surface area contributed by atoms with Gasteiger partial charge in [0, 0.05) is 17.7 Å². The summed E-state index contributed by atoms with van der Waals surface area (Å²) in [5.74, 6) is 0.568. The summed E-state index contributed by atoms with van der Waals surface area (Å²) in [4.78, 5) is 11.2. The van der Waals surface area contributed by atoms with Gasteiger partial charge in [-0.1, -0.05) is 0 Å². The van der Waals surface area contributed by atoms with Crippen molar-refractivity contribution in [1.82, 2.24) is 0 Å². The van der Waals surface area contributed by atoms with Gasteiger partial charge in [-0.25, -0.2) is 0 Å². The Morgan fingerprint density at radius 3 is 3.20 bits per heavy atom. The van der Waals surface area contributed by atoms with Gasteiger partial charge >= 0.3 is 0 Å². The molecule has 1 aromatic rings. The molecule has 3 heterocycles. The first-order valence-corrected chi connectivity index (χ1v) is 4.86. The standard InChI is InChI=1S/C11H10O4/c12-8-1-2-14-9(4-8)7-3-10-11(15-10)6-13-5-7/h1-4,10-11H,5-6H2. The van der Waals surface area contributed by atoms with E-state index in [0.717, 1.165) is 5.57 Å². The molecule has 0 aromatic carbocycles. The minimum atomic E-state index is -0.0605. The topological polar surface area (TPSA) is 52.0 Å². The van der Waals surface area contributed by atoms with Crippen molar-refractivity contribution in [2.24, 2.45) is 0 Å². The van der Waals surface area contributed by atoms with Crippen molar-refractivity contribution < 1.29 is 13.9 Å². The molecule has 1 aromatic heterocycles. The molecule has 2 atom stereocenters. The third-order valence-electron chi connectivity index (χ3n) is 2.54. The van der Waals surface area contributed by atoms with E-state index in [9.17, 15) is 4.79 Å². The van der Waals surface area contributed by atoms with Gasteiger partial charge in [-0.15, -0.1) is 0 Å². The number of ether oxygens (including phenoxy) is 2. The second-order valence-electron chi connectivity index (χ2n) is 3.68. The van der Waals surface area contributed by atoms with Crippen LogP contribution < -0.4 is 5.43 Å². The monoisotopic (exact) mass is 206 g/mol. The third-order valence-corrected chi connectivity index (χ3v) is 2.54. The van der Waals surface area contributed by atoms with Crippen molar-refractivity contribution >= 4 is 5.57 Å². The van der Waals surface area contributed by atoms with Crippen LogP contribution in [0.3, 0.4) is 0 Å². The number of epoxide rings is 1. The van der Waals surface area contributed by atoms with Crippen LogP contribution in [0.2, 0.25) is 0 Å². The molecular formula is C11H10O4. The number of fused-ring (bicyclic) bond motifs is 1. The Balaban J connectivity index is 1.95. The maximum absolute atomic E-state index is 11.2. The predicted octanol–water partition coefficient (Wildman–Crippen LogP) is 0.821. The van der Waals surface area contributed by atoms with E-state index in [1.54, 1.807) is 0 Å². The second-order valence-corrected chi connectivity index (χ2v) is 3.68. The Bertz CT molecular complexity index is 460. The highest BCUT2D eigenvalue weighted by Gasteiger charge is 2.39. The maximum atomic E-state index is 11.2. The maximum Gasteiger partial charge on any atom is 0.185 e. The zero-order chi connectivity index (χ0) is 10.3. The van der Waals surface area contributed by atoms with Gasteiger partial charge in [0.25, 0.3) is 0 Å². The molecule has 0 bridgehead atoms. The fourth-order valence-corrected chi connectivity index (χ4v) is 1.68. The van der Waals surface area contributed by atoms with Crippen molar-refractivity contribution in [1.29, 1.82) is 0 Å². The van der Waals surface area contributed by atoms with Gasteiger partial charge in [-0.05, 0) is 6.08 Å². The summed E-state index contributed by atoms with van der Waals surface area (Å²) < 4.78 is 16.0. The molecule has 2 aliphatic rings. The Kier molecular flexibility index (Phi) is 1.97. The van der Waals surface area contributed by atoms with E-state index in [2.05, 4.69) is 0 Å². The zero-order valence-electron chi connectivity index (χ0n) is 8.01. The summed E-state index contributed by atoms with van der Waals surface area (Å²) in [5.41, 5.74) is 0.826. The Labute approximate surface area is 86.1 Å². The van der Waals surface area contributed by atoms with Crippen LogP contribution in [0.15, 0.2) is 33.7 Å². The van der Waals surface area contributed by atoms with Crippen LogP contribution in [0.25, 0.3) is 5.57 Å². The largest absolute Gasteiger partial charge is 0.464 e. The van der Waals surface area contributed by atoms with Crippen LogP contribution in [-0.2, 0) is 9.47 Å². The normalized spacial score (nSPS) is 28.9. The highest BCUT2D eigenvalue weighted by atomic mass is 16.6. The molecule has 0 saturated carbocycles. The van der Waals surface area contributed by atoms with E-state index in [-0.39, 0.29) is 17.6 Å². The highest BCUT2D eigenvalue weighted by Crippen LogP contribution is 2.30. The van der Waals surface area contributed by atoms with Gasteiger partial charge in [-0.2, -0.15) is 0 Å². The molecule has 4 heteroatoms. The quantitative estimate of drug-likeness (QED) is 0.638. The van der Waals surface area contributed by atoms with E-state index in [4.69, 9.17) is 13.9 Å².